The zero-order chi connectivity index (χ0) is 14.7. The highest BCUT2D eigenvalue weighted by atomic mass is 16.7. The molecule has 4 nitrogen and oxygen atoms in total. The van der Waals surface area contributed by atoms with Gasteiger partial charge in [-0.3, -0.25) is 0 Å². The molecule has 1 atom stereocenters. The first-order chi connectivity index (χ1) is 10.3. The first-order valence-corrected chi connectivity index (χ1v) is 6.75. The predicted molar refractivity (Wildman–Crippen MR) is 79.3 cm³/mol. The third-order valence-corrected chi connectivity index (χ3v) is 3.53. The molecule has 1 aliphatic heterocycles. The molecule has 1 unspecified atom stereocenters. The molecule has 0 saturated heterocycles. The lowest BCUT2D eigenvalue weighted by molar-refractivity contribution is -0.143. The molecule has 106 valence electrons. The first kappa shape index (κ1) is 13.4. The lowest BCUT2D eigenvalue weighted by Gasteiger charge is -2.12. The minimum atomic E-state index is -0.399. The van der Waals surface area contributed by atoms with Crippen LogP contribution in [0.2, 0.25) is 0 Å². The summed E-state index contributed by atoms with van der Waals surface area (Å²) in [5.41, 5.74) is 2.54. The Morgan fingerprint density at radius 3 is 2.57 bits per heavy atom. The maximum absolute atomic E-state index is 12.0. The SMILES string of the molecule is COc1ccccc1CC1C(=O)ON=C1c1ccccc1. The number of oxime groups is 1. The maximum Gasteiger partial charge on any atom is 0.344 e. The van der Waals surface area contributed by atoms with Crippen LogP contribution in [0.15, 0.2) is 59.8 Å². The van der Waals surface area contributed by atoms with Crippen molar-refractivity contribution in [2.45, 2.75) is 6.42 Å². The van der Waals surface area contributed by atoms with Gasteiger partial charge in [0.05, 0.1) is 7.11 Å². The van der Waals surface area contributed by atoms with Gasteiger partial charge in [0, 0.05) is 5.56 Å². The highest BCUT2D eigenvalue weighted by Gasteiger charge is 2.34. The quantitative estimate of drug-likeness (QED) is 0.810. The lowest BCUT2D eigenvalue weighted by atomic mass is 9.91. The molecule has 0 saturated carbocycles. The standard InChI is InChI=1S/C17H15NO3/c1-20-15-10-6-5-9-13(15)11-14-16(18-21-17(14)19)12-7-3-2-4-8-12/h2-10,14H,11H2,1H3. The number of carbonyl (C=O) groups is 1. The largest absolute Gasteiger partial charge is 0.496 e. The van der Waals surface area contributed by atoms with E-state index in [-0.39, 0.29) is 5.97 Å². The molecule has 0 aliphatic carbocycles. The first-order valence-electron chi connectivity index (χ1n) is 6.75. The predicted octanol–water partition coefficient (Wildman–Crippen LogP) is 2.82. The van der Waals surface area contributed by atoms with Gasteiger partial charge in [-0.15, -0.1) is 0 Å². The van der Waals surface area contributed by atoms with Crippen molar-refractivity contribution in [1.82, 2.24) is 0 Å². The number of nitrogens with zero attached hydrogens (tertiary/aromatic N) is 1. The summed E-state index contributed by atoms with van der Waals surface area (Å²) in [7, 11) is 1.62. The maximum atomic E-state index is 12.0. The van der Waals surface area contributed by atoms with Gasteiger partial charge in [-0.25, -0.2) is 4.79 Å². The average Bonchev–Trinajstić information content (AvgIpc) is 2.90. The van der Waals surface area contributed by atoms with Gasteiger partial charge in [0.1, 0.15) is 17.4 Å². The molecule has 4 heteroatoms. The third-order valence-electron chi connectivity index (χ3n) is 3.53. The number of rotatable bonds is 4. The smallest absolute Gasteiger partial charge is 0.344 e. The molecule has 2 aromatic rings. The molecule has 21 heavy (non-hydrogen) atoms. The number of ether oxygens (including phenoxy) is 1. The third kappa shape index (κ3) is 2.65. The number of methoxy groups -OCH3 is 1. The molecule has 1 heterocycles. The topological polar surface area (TPSA) is 47.9 Å². The van der Waals surface area contributed by atoms with Crippen molar-refractivity contribution in [3.05, 3.63) is 65.7 Å². The Balaban J connectivity index is 1.90. The van der Waals surface area contributed by atoms with Crippen LogP contribution in [0, 0.1) is 5.92 Å². The van der Waals surface area contributed by atoms with Crippen LogP contribution in [-0.4, -0.2) is 18.8 Å². The van der Waals surface area contributed by atoms with E-state index in [2.05, 4.69) is 5.16 Å². The highest BCUT2D eigenvalue weighted by molar-refractivity contribution is 6.14. The van der Waals surface area contributed by atoms with Crippen LogP contribution in [0.5, 0.6) is 5.75 Å². The van der Waals surface area contributed by atoms with Gasteiger partial charge in [0.2, 0.25) is 0 Å². The molecule has 2 aromatic carbocycles. The van der Waals surface area contributed by atoms with E-state index >= 15 is 0 Å². The summed E-state index contributed by atoms with van der Waals surface area (Å²) in [6, 6.07) is 17.3. The molecule has 0 spiro atoms. The van der Waals surface area contributed by atoms with E-state index in [1.54, 1.807) is 7.11 Å². The summed E-state index contributed by atoms with van der Waals surface area (Å²) in [6.45, 7) is 0. The summed E-state index contributed by atoms with van der Waals surface area (Å²) in [6.07, 6.45) is 0.510. The second kappa shape index (κ2) is 5.79. The summed E-state index contributed by atoms with van der Waals surface area (Å²) >= 11 is 0. The van der Waals surface area contributed by atoms with E-state index in [0.29, 0.717) is 12.1 Å². The van der Waals surface area contributed by atoms with E-state index in [0.717, 1.165) is 16.9 Å². The lowest BCUT2D eigenvalue weighted by Crippen LogP contribution is -2.22. The van der Waals surface area contributed by atoms with Crippen molar-refractivity contribution in [2.24, 2.45) is 11.1 Å². The molecule has 0 fully saturated rings. The Morgan fingerprint density at radius 2 is 1.81 bits per heavy atom. The van der Waals surface area contributed by atoms with Crippen LogP contribution in [-0.2, 0) is 16.1 Å². The number of benzene rings is 2. The number of para-hydroxylation sites is 1. The summed E-state index contributed by atoms with van der Waals surface area (Å²) in [5, 5.41) is 3.95. The van der Waals surface area contributed by atoms with Gasteiger partial charge < -0.3 is 9.57 Å². The van der Waals surface area contributed by atoms with Gasteiger partial charge in [-0.05, 0) is 18.1 Å². The average molecular weight is 281 g/mol. The molecule has 3 rings (SSSR count). The number of carbonyl (C=O) groups excluding carboxylic acids is 1. The minimum Gasteiger partial charge on any atom is -0.496 e. The van der Waals surface area contributed by atoms with Crippen molar-refractivity contribution >= 4 is 11.7 Å². The molecular formula is C17H15NO3. The highest BCUT2D eigenvalue weighted by Crippen LogP contribution is 2.26. The summed E-state index contributed by atoms with van der Waals surface area (Å²) in [4.78, 5) is 16.9. The molecular weight excluding hydrogens is 266 g/mol. The number of hydrogen-bond acceptors (Lipinski definition) is 4. The fourth-order valence-corrected chi connectivity index (χ4v) is 2.47. The van der Waals surface area contributed by atoms with Gasteiger partial charge in [0.25, 0.3) is 0 Å². The molecule has 1 aliphatic rings. The second-order valence-corrected chi connectivity index (χ2v) is 4.82. The van der Waals surface area contributed by atoms with E-state index in [1.165, 1.54) is 0 Å². The van der Waals surface area contributed by atoms with Crippen molar-refractivity contribution in [3.63, 3.8) is 0 Å². The van der Waals surface area contributed by atoms with Crippen LogP contribution < -0.4 is 4.74 Å². The van der Waals surface area contributed by atoms with Crippen molar-refractivity contribution in [1.29, 1.82) is 0 Å². The molecule has 0 amide bonds. The van der Waals surface area contributed by atoms with Crippen LogP contribution >= 0.6 is 0 Å². The Kier molecular flexibility index (Phi) is 3.69. The number of hydrogen-bond donors (Lipinski definition) is 0. The zero-order valence-electron chi connectivity index (χ0n) is 11.7. The molecule has 0 bridgehead atoms. The van der Waals surface area contributed by atoms with Crippen molar-refractivity contribution < 1.29 is 14.4 Å². The van der Waals surface area contributed by atoms with E-state index in [4.69, 9.17) is 9.57 Å². The van der Waals surface area contributed by atoms with Gasteiger partial charge >= 0.3 is 5.97 Å². The van der Waals surface area contributed by atoms with Crippen LogP contribution in [0.3, 0.4) is 0 Å². The van der Waals surface area contributed by atoms with Crippen LogP contribution in [0.1, 0.15) is 11.1 Å². The molecule has 0 aromatic heterocycles. The fraction of sp³-hybridized carbons (Fsp3) is 0.176. The monoisotopic (exact) mass is 281 g/mol. The van der Waals surface area contributed by atoms with Crippen LogP contribution in [0.25, 0.3) is 0 Å². The Bertz CT molecular complexity index is 679. The Hall–Kier alpha value is -2.62. The minimum absolute atomic E-state index is 0.320. The van der Waals surface area contributed by atoms with Gasteiger partial charge in [-0.1, -0.05) is 53.7 Å². The summed E-state index contributed by atoms with van der Waals surface area (Å²) < 4.78 is 5.34. The zero-order valence-corrected chi connectivity index (χ0v) is 11.7. The van der Waals surface area contributed by atoms with E-state index < -0.39 is 5.92 Å². The second-order valence-electron chi connectivity index (χ2n) is 4.82. The molecule has 0 radical (unpaired) electrons. The van der Waals surface area contributed by atoms with Gasteiger partial charge in [-0.2, -0.15) is 0 Å². The van der Waals surface area contributed by atoms with Gasteiger partial charge in [0.15, 0.2) is 0 Å². The van der Waals surface area contributed by atoms with Crippen molar-refractivity contribution in [3.8, 4) is 5.75 Å². The Morgan fingerprint density at radius 1 is 1.10 bits per heavy atom. The fourth-order valence-electron chi connectivity index (χ4n) is 2.47. The van der Waals surface area contributed by atoms with Crippen LogP contribution in [0.4, 0.5) is 0 Å². The van der Waals surface area contributed by atoms with Crippen molar-refractivity contribution in [2.75, 3.05) is 7.11 Å². The van der Waals surface area contributed by atoms with E-state index in [1.807, 2.05) is 54.6 Å². The normalized spacial score (nSPS) is 17.3. The molecule has 0 N–H and O–H groups in total. The Labute approximate surface area is 123 Å². The van der Waals surface area contributed by atoms with E-state index in [9.17, 15) is 4.79 Å². The summed E-state index contributed by atoms with van der Waals surface area (Å²) in [5.74, 6) is 0.0491.